The Bertz CT molecular complexity index is 2030. The average molecular weight is 702 g/mol. The van der Waals surface area contributed by atoms with Crippen molar-refractivity contribution in [1.82, 2.24) is 24.6 Å². The van der Waals surface area contributed by atoms with Crippen molar-refractivity contribution in [3.63, 3.8) is 0 Å². The predicted octanol–water partition coefficient (Wildman–Crippen LogP) is 8.25. The molecule has 6 rings (SSSR count). The third kappa shape index (κ3) is 7.13. The first-order chi connectivity index (χ1) is 23.7. The average Bonchev–Trinajstić information content (AvgIpc) is 3.49. The number of aryl methyl sites for hydroxylation is 3. The Labute approximate surface area is 299 Å². The zero-order valence-electron chi connectivity index (χ0n) is 30.5. The van der Waals surface area contributed by atoms with Gasteiger partial charge >= 0.3 is 5.97 Å². The van der Waals surface area contributed by atoms with Crippen LogP contribution in [0.2, 0.25) is 5.02 Å². The van der Waals surface area contributed by atoms with Crippen LogP contribution in [-0.2, 0) is 24.8 Å². The Morgan fingerprint density at radius 3 is 2.42 bits per heavy atom. The predicted molar refractivity (Wildman–Crippen MR) is 200 cm³/mol. The molecule has 1 saturated heterocycles. The zero-order valence-corrected chi connectivity index (χ0v) is 31.2. The van der Waals surface area contributed by atoms with E-state index in [1.54, 1.807) is 6.07 Å². The van der Waals surface area contributed by atoms with Crippen LogP contribution in [-0.4, -0.2) is 69.1 Å². The maximum absolute atomic E-state index is 14.4. The number of carbonyl (C=O) groups excluding carboxylic acids is 1. The standard InChI is InChI=1S/C40H49ClFN5O3/c1-24-22-43-23-25(2)46(24)18-19-47-37-32(16-17-33(41)36(37)35-26(3)44-45(8)27(35)4)31(38(47)39(48)50-40(5,6)7)12-10-20-49-34-13-9-11-28-21-29(42)14-15-30(28)34/h9,11,13-17,21,24-25,43H,10,12,18-20,22-23H2,1-8H3. The molecule has 266 valence electrons. The fraction of sp³-hybridized carbons (Fsp3) is 0.450. The van der Waals surface area contributed by atoms with Crippen molar-refractivity contribution in [3.05, 3.63) is 82.0 Å². The van der Waals surface area contributed by atoms with Crippen molar-refractivity contribution >= 4 is 39.2 Å². The molecule has 3 aromatic carbocycles. The molecule has 1 N–H and O–H groups in total. The number of halogens is 2. The number of hydrogen-bond donors (Lipinski definition) is 1. The van der Waals surface area contributed by atoms with Crippen LogP contribution in [0.5, 0.6) is 5.75 Å². The Morgan fingerprint density at radius 2 is 1.74 bits per heavy atom. The monoisotopic (exact) mass is 701 g/mol. The van der Waals surface area contributed by atoms with Crippen molar-refractivity contribution in [2.24, 2.45) is 7.05 Å². The summed E-state index contributed by atoms with van der Waals surface area (Å²) in [7, 11) is 1.94. The summed E-state index contributed by atoms with van der Waals surface area (Å²) in [6, 6.07) is 15.0. The van der Waals surface area contributed by atoms with Gasteiger partial charge in [-0.1, -0.05) is 29.8 Å². The molecule has 3 heterocycles. The highest BCUT2D eigenvalue weighted by atomic mass is 35.5. The van der Waals surface area contributed by atoms with E-state index in [4.69, 9.17) is 26.2 Å². The molecule has 0 bridgehead atoms. The second-order valence-electron chi connectivity index (χ2n) is 14.6. The zero-order chi connectivity index (χ0) is 35.9. The Balaban J connectivity index is 1.46. The Morgan fingerprint density at radius 1 is 1.02 bits per heavy atom. The lowest BCUT2D eigenvalue weighted by atomic mass is 9.98. The molecule has 2 unspecified atom stereocenters. The second-order valence-corrected chi connectivity index (χ2v) is 15.0. The van der Waals surface area contributed by atoms with Crippen molar-refractivity contribution in [2.75, 3.05) is 26.2 Å². The highest BCUT2D eigenvalue weighted by molar-refractivity contribution is 6.35. The fourth-order valence-corrected chi connectivity index (χ4v) is 7.76. The largest absolute Gasteiger partial charge is 0.493 e. The van der Waals surface area contributed by atoms with Gasteiger partial charge in [-0.2, -0.15) is 5.10 Å². The van der Waals surface area contributed by atoms with Gasteiger partial charge in [0.25, 0.3) is 0 Å². The molecule has 0 saturated carbocycles. The minimum absolute atomic E-state index is 0.280. The van der Waals surface area contributed by atoms with E-state index < -0.39 is 5.60 Å². The smallest absolute Gasteiger partial charge is 0.355 e. The highest BCUT2D eigenvalue weighted by Crippen LogP contribution is 2.42. The quantitative estimate of drug-likeness (QED) is 0.117. The molecule has 1 aliphatic rings. The van der Waals surface area contributed by atoms with Crippen LogP contribution in [0.1, 0.15) is 68.5 Å². The minimum Gasteiger partial charge on any atom is -0.493 e. The van der Waals surface area contributed by atoms with E-state index in [0.29, 0.717) is 54.5 Å². The number of hydrogen-bond acceptors (Lipinski definition) is 6. The van der Waals surface area contributed by atoms with Gasteiger partial charge in [-0.3, -0.25) is 9.58 Å². The molecular formula is C40H49ClFN5O3. The SMILES string of the molecule is Cc1nn(C)c(C)c1-c1c(Cl)ccc2c(CCCOc3cccc4cc(F)ccc34)c(C(=O)OC(C)(C)C)n(CCN3C(C)CNCC3C)c12. The molecule has 0 radical (unpaired) electrons. The Kier molecular flexibility index (Phi) is 10.3. The molecule has 0 amide bonds. The molecule has 0 aliphatic carbocycles. The van der Waals surface area contributed by atoms with Gasteiger partial charge in [-0.15, -0.1) is 0 Å². The van der Waals surface area contributed by atoms with E-state index in [2.05, 4.69) is 35.6 Å². The molecule has 8 nitrogen and oxygen atoms in total. The number of rotatable bonds is 10. The van der Waals surface area contributed by atoms with Crippen molar-refractivity contribution < 1.29 is 18.7 Å². The van der Waals surface area contributed by atoms with Crippen LogP contribution in [0.15, 0.2) is 48.5 Å². The van der Waals surface area contributed by atoms with E-state index in [1.807, 2.05) is 69.8 Å². The van der Waals surface area contributed by atoms with Gasteiger partial charge in [0.05, 0.1) is 22.8 Å². The molecule has 50 heavy (non-hydrogen) atoms. The van der Waals surface area contributed by atoms with Gasteiger partial charge < -0.3 is 19.4 Å². The fourth-order valence-electron chi connectivity index (χ4n) is 7.51. The van der Waals surface area contributed by atoms with Gasteiger partial charge in [-0.05, 0) is 103 Å². The topological polar surface area (TPSA) is 73.6 Å². The number of benzene rings is 3. The lowest BCUT2D eigenvalue weighted by Crippen LogP contribution is -2.55. The molecule has 0 spiro atoms. The normalized spacial score (nSPS) is 17.2. The van der Waals surface area contributed by atoms with E-state index in [-0.39, 0.29) is 11.8 Å². The molecule has 10 heteroatoms. The van der Waals surface area contributed by atoms with Crippen LogP contribution in [0.3, 0.4) is 0 Å². The van der Waals surface area contributed by atoms with Crippen molar-refractivity contribution in [1.29, 1.82) is 0 Å². The minimum atomic E-state index is -0.689. The number of nitrogens with one attached hydrogen (secondary N) is 1. The molecule has 2 atom stereocenters. The lowest BCUT2D eigenvalue weighted by molar-refractivity contribution is 0.00555. The number of fused-ring (bicyclic) bond motifs is 2. The summed E-state index contributed by atoms with van der Waals surface area (Å²) in [5.74, 6) is 0.0645. The van der Waals surface area contributed by atoms with Crippen molar-refractivity contribution in [3.8, 4) is 16.9 Å². The summed E-state index contributed by atoms with van der Waals surface area (Å²) < 4.78 is 30.4. The van der Waals surface area contributed by atoms with E-state index in [1.165, 1.54) is 12.1 Å². The second kappa shape index (κ2) is 14.4. The number of aromatic nitrogens is 3. The molecule has 5 aromatic rings. The molecular weight excluding hydrogens is 653 g/mol. The lowest BCUT2D eigenvalue weighted by Gasteiger charge is -2.39. The Hall–Kier alpha value is -3.92. The van der Waals surface area contributed by atoms with Crippen LogP contribution < -0.4 is 10.1 Å². The van der Waals surface area contributed by atoms with Crippen LogP contribution in [0, 0.1) is 19.7 Å². The summed E-state index contributed by atoms with van der Waals surface area (Å²) >= 11 is 7.13. The van der Waals surface area contributed by atoms with Gasteiger partial charge in [0, 0.05) is 72.9 Å². The maximum Gasteiger partial charge on any atom is 0.355 e. The molecule has 1 fully saturated rings. The van der Waals surface area contributed by atoms with Crippen LogP contribution >= 0.6 is 11.6 Å². The number of nitrogens with zero attached hydrogens (tertiary/aromatic N) is 4. The van der Waals surface area contributed by atoms with Gasteiger partial charge in [0.2, 0.25) is 0 Å². The van der Waals surface area contributed by atoms with E-state index in [0.717, 1.165) is 69.4 Å². The van der Waals surface area contributed by atoms with Crippen LogP contribution in [0.4, 0.5) is 4.39 Å². The first-order valence-electron chi connectivity index (χ1n) is 17.6. The first-order valence-corrected chi connectivity index (χ1v) is 18.0. The maximum atomic E-state index is 14.4. The third-order valence-electron chi connectivity index (χ3n) is 9.85. The summed E-state index contributed by atoms with van der Waals surface area (Å²) in [4.78, 5) is 16.9. The number of ether oxygens (including phenoxy) is 2. The van der Waals surface area contributed by atoms with Crippen molar-refractivity contribution in [2.45, 2.75) is 85.5 Å². The first kappa shape index (κ1) is 35.9. The summed E-state index contributed by atoms with van der Waals surface area (Å²) in [5, 5.41) is 11.5. The summed E-state index contributed by atoms with van der Waals surface area (Å²) in [5.41, 5.74) is 5.42. The van der Waals surface area contributed by atoms with Crippen LogP contribution in [0.25, 0.3) is 32.8 Å². The van der Waals surface area contributed by atoms with Gasteiger partial charge in [0.15, 0.2) is 0 Å². The van der Waals surface area contributed by atoms with E-state index in [9.17, 15) is 9.18 Å². The number of esters is 1. The number of carbonyl (C=O) groups is 1. The van der Waals surface area contributed by atoms with Gasteiger partial charge in [0.1, 0.15) is 22.9 Å². The van der Waals surface area contributed by atoms with Gasteiger partial charge in [-0.25, -0.2) is 9.18 Å². The third-order valence-corrected chi connectivity index (χ3v) is 10.2. The number of piperazine rings is 1. The summed E-state index contributed by atoms with van der Waals surface area (Å²) in [6.07, 6.45) is 1.21. The molecule has 2 aromatic heterocycles. The van der Waals surface area contributed by atoms with E-state index >= 15 is 0 Å². The summed E-state index contributed by atoms with van der Waals surface area (Å²) in [6.45, 7) is 17.8. The molecule has 1 aliphatic heterocycles. The highest BCUT2D eigenvalue weighted by Gasteiger charge is 2.32.